The lowest BCUT2D eigenvalue weighted by atomic mass is 10.1. The van der Waals surface area contributed by atoms with Gasteiger partial charge in [0.25, 0.3) is 0 Å². The first-order valence-corrected chi connectivity index (χ1v) is 9.87. The zero-order chi connectivity index (χ0) is 19.2. The van der Waals surface area contributed by atoms with E-state index in [1.54, 1.807) is 23.6 Å². The molecule has 1 amide bonds. The van der Waals surface area contributed by atoms with Crippen LogP contribution in [0, 0.1) is 6.92 Å². The molecule has 0 saturated heterocycles. The second kappa shape index (κ2) is 8.96. The maximum Gasteiger partial charge on any atom is 0.387 e. The van der Waals surface area contributed by atoms with E-state index in [1.807, 2.05) is 31.2 Å². The van der Waals surface area contributed by atoms with Gasteiger partial charge in [-0.05, 0) is 30.7 Å². The van der Waals surface area contributed by atoms with E-state index in [1.165, 1.54) is 29.2 Å². The van der Waals surface area contributed by atoms with Gasteiger partial charge in [-0.25, -0.2) is 4.98 Å². The summed E-state index contributed by atoms with van der Waals surface area (Å²) in [5.41, 5.74) is 2.03. The average molecular weight is 406 g/mol. The summed E-state index contributed by atoms with van der Waals surface area (Å²) >= 11 is 2.68. The highest BCUT2D eigenvalue weighted by molar-refractivity contribution is 8.00. The van der Waals surface area contributed by atoms with Crippen molar-refractivity contribution < 1.29 is 18.3 Å². The Labute approximate surface area is 163 Å². The molecule has 1 aromatic heterocycles. The molecule has 0 radical (unpaired) electrons. The minimum Gasteiger partial charge on any atom is -0.434 e. The van der Waals surface area contributed by atoms with Crippen LogP contribution < -0.4 is 10.1 Å². The number of ether oxygens (including phenoxy) is 1. The van der Waals surface area contributed by atoms with Crippen LogP contribution in [0.5, 0.6) is 5.75 Å². The lowest BCUT2D eigenvalue weighted by molar-refractivity contribution is -0.113. The summed E-state index contributed by atoms with van der Waals surface area (Å²) in [6, 6.07) is 14.3. The van der Waals surface area contributed by atoms with Crippen LogP contribution in [0.4, 0.5) is 13.9 Å². The number of amides is 1. The zero-order valence-corrected chi connectivity index (χ0v) is 15.9. The number of para-hydroxylation sites is 1. The van der Waals surface area contributed by atoms with Gasteiger partial charge in [0.05, 0.1) is 11.4 Å². The van der Waals surface area contributed by atoms with Crippen LogP contribution in [0.25, 0.3) is 11.3 Å². The number of benzene rings is 2. The first-order chi connectivity index (χ1) is 13.0. The Morgan fingerprint density at radius 2 is 1.96 bits per heavy atom. The number of nitrogens with one attached hydrogen (secondary N) is 1. The molecule has 3 aromatic rings. The molecule has 0 bridgehead atoms. The highest BCUT2D eigenvalue weighted by Gasteiger charge is 2.14. The van der Waals surface area contributed by atoms with E-state index in [0.29, 0.717) is 16.4 Å². The van der Waals surface area contributed by atoms with Crippen LogP contribution in [0.1, 0.15) is 5.56 Å². The third-order valence-corrected chi connectivity index (χ3v) is 5.52. The van der Waals surface area contributed by atoms with E-state index in [4.69, 9.17) is 0 Å². The summed E-state index contributed by atoms with van der Waals surface area (Å²) < 4.78 is 29.6. The predicted molar refractivity (Wildman–Crippen MR) is 105 cm³/mol. The molecular weight excluding hydrogens is 390 g/mol. The van der Waals surface area contributed by atoms with Crippen LogP contribution in [0.3, 0.4) is 0 Å². The Bertz CT molecular complexity index is 931. The normalized spacial score (nSPS) is 10.8. The molecule has 0 fully saturated rings. The van der Waals surface area contributed by atoms with Gasteiger partial charge in [0, 0.05) is 15.8 Å². The third-order valence-electron chi connectivity index (χ3n) is 3.58. The fraction of sp³-hybridized carbons (Fsp3) is 0.158. The number of hydrogen-bond donors (Lipinski definition) is 1. The van der Waals surface area contributed by atoms with Gasteiger partial charge in [-0.2, -0.15) is 8.78 Å². The number of thioether (sulfide) groups is 1. The SMILES string of the molecule is Cc1ccccc1SCC(=O)Nc1nc(-c2ccccc2OC(F)F)cs1. The Kier molecular flexibility index (Phi) is 6.41. The van der Waals surface area contributed by atoms with Crippen LogP contribution in [0.2, 0.25) is 0 Å². The number of halogens is 2. The number of aryl methyl sites for hydroxylation is 1. The van der Waals surface area contributed by atoms with Gasteiger partial charge in [0.15, 0.2) is 5.13 Å². The summed E-state index contributed by atoms with van der Waals surface area (Å²) in [6.07, 6.45) is 0. The lowest BCUT2D eigenvalue weighted by Crippen LogP contribution is -2.13. The number of carbonyl (C=O) groups excluding carboxylic acids is 1. The lowest BCUT2D eigenvalue weighted by Gasteiger charge is -2.08. The van der Waals surface area contributed by atoms with Crippen molar-refractivity contribution in [3.05, 3.63) is 59.5 Å². The van der Waals surface area contributed by atoms with Crippen LogP contribution >= 0.6 is 23.1 Å². The minimum atomic E-state index is -2.91. The summed E-state index contributed by atoms with van der Waals surface area (Å²) in [7, 11) is 0. The van der Waals surface area contributed by atoms with Crippen LogP contribution in [0.15, 0.2) is 58.8 Å². The molecule has 1 N–H and O–H groups in total. The minimum absolute atomic E-state index is 0.0470. The quantitative estimate of drug-likeness (QED) is 0.530. The van der Waals surface area contributed by atoms with E-state index in [-0.39, 0.29) is 17.4 Å². The molecule has 4 nitrogen and oxygen atoms in total. The van der Waals surface area contributed by atoms with Crippen LogP contribution in [-0.2, 0) is 4.79 Å². The average Bonchev–Trinajstić information content (AvgIpc) is 3.09. The first kappa shape index (κ1) is 19.3. The highest BCUT2D eigenvalue weighted by atomic mass is 32.2. The van der Waals surface area contributed by atoms with Gasteiger partial charge in [-0.15, -0.1) is 23.1 Å². The summed E-state index contributed by atoms with van der Waals surface area (Å²) in [5.74, 6) is 0.122. The molecule has 0 saturated carbocycles. The molecule has 8 heteroatoms. The Hall–Kier alpha value is -2.45. The number of anilines is 1. The van der Waals surface area contributed by atoms with Crippen molar-refractivity contribution in [1.82, 2.24) is 4.98 Å². The Morgan fingerprint density at radius 1 is 1.22 bits per heavy atom. The third kappa shape index (κ3) is 5.27. The monoisotopic (exact) mass is 406 g/mol. The largest absolute Gasteiger partial charge is 0.434 e. The van der Waals surface area contributed by atoms with Crippen LogP contribution in [-0.4, -0.2) is 23.3 Å². The second-order valence-electron chi connectivity index (χ2n) is 5.51. The van der Waals surface area contributed by atoms with Crippen molar-refractivity contribution in [2.45, 2.75) is 18.4 Å². The van der Waals surface area contributed by atoms with Gasteiger partial charge in [-0.1, -0.05) is 30.3 Å². The van der Waals surface area contributed by atoms with E-state index >= 15 is 0 Å². The number of thiazole rings is 1. The van der Waals surface area contributed by atoms with Crippen molar-refractivity contribution in [3.63, 3.8) is 0 Å². The van der Waals surface area contributed by atoms with E-state index < -0.39 is 6.61 Å². The summed E-state index contributed by atoms with van der Waals surface area (Å²) in [4.78, 5) is 17.5. The molecule has 1 heterocycles. The van der Waals surface area contributed by atoms with Crippen molar-refractivity contribution in [1.29, 1.82) is 0 Å². The molecule has 0 unspecified atom stereocenters. The second-order valence-corrected chi connectivity index (χ2v) is 7.39. The van der Waals surface area contributed by atoms with Gasteiger partial charge in [0.2, 0.25) is 5.91 Å². The number of rotatable bonds is 7. The Balaban J connectivity index is 1.64. The van der Waals surface area contributed by atoms with Crippen molar-refractivity contribution >= 4 is 34.1 Å². The number of alkyl halides is 2. The van der Waals surface area contributed by atoms with Gasteiger partial charge >= 0.3 is 6.61 Å². The van der Waals surface area contributed by atoms with E-state index in [2.05, 4.69) is 15.0 Å². The maximum absolute atomic E-state index is 12.5. The molecular formula is C19H16F2N2O2S2. The summed E-state index contributed by atoms with van der Waals surface area (Å²) in [6.45, 7) is -0.922. The molecule has 2 aromatic carbocycles. The van der Waals surface area contributed by atoms with Crippen molar-refractivity contribution in [2.24, 2.45) is 0 Å². The smallest absolute Gasteiger partial charge is 0.387 e. The topological polar surface area (TPSA) is 51.2 Å². The van der Waals surface area contributed by atoms with E-state index in [0.717, 1.165) is 10.5 Å². The molecule has 0 aliphatic carbocycles. The van der Waals surface area contributed by atoms with Gasteiger partial charge in [0.1, 0.15) is 5.75 Å². The first-order valence-electron chi connectivity index (χ1n) is 8.01. The fourth-order valence-electron chi connectivity index (χ4n) is 2.35. The van der Waals surface area contributed by atoms with Crippen molar-refractivity contribution in [2.75, 3.05) is 11.1 Å². The number of nitrogens with zero attached hydrogens (tertiary/aromatic N) is 1. The zero-order valence-electron chi connectivity index (χ0n) is 14.3. The molecule has 140 valence electrons. The Morgan fingerprint density at radius 3 is 2.74 bits per heavy atom. The van der Waals surface area contributed by atoms with Gasteiger partial charge in [-0.3, -0.25) is 4.79 Å². The fourth-order valence-corrected chi connectivity index (χ4v) is 3.90. The van der Waals surface area contributed by atoms with E-state index in [9.17, 15) is 13.6 Å². The number of aromatic nitrogens is 1. The molecule has 0 spiro atoms. The summed E-state index contributed by atoms with van der Waals surface area (Å²) in [5, 5.41) is 4.84. The number of carbonyl (C=O) groups is 1. The molecule has 0 atom stereocenters. The molecule has 3 rings (SSSR count). The van der Waals surface area contributed by atoms with Gasteiger partial charge < -0.3 is 10.1 Å². The highest BCUT2D eigenvalue weighted by Crippen LogP contribution is 2.33. The number of hydrogen-bond acceptors (Lipinski definition) is 5. The maximum atomic E-state index is 12.5. The molecule has 0 aliphatic rings. The standard InChI is InChI=1S/C19H16F2N2O2S2/c1-12-6-2-5-9-16(12)26-11-17(24)23-19-22-14(10-27-19)13-7-3-4-8-15(13)25-18(20)21/h2-10,18H,11H2,1H3,(H,22,23,24). The molecule has 27 heavy (non-hydrogen) atoms. The predicted octanol–water partition coefficient (Wildman–Crippen LogP) is 5.45. The van der Waals surface area contributed by atoms with Crippen molar-refractivity contribution in [3.8, 4) is 17.0 Å². The molecule has 0 aliphatic heterocycles.